The molecule has 2 aromatic rings. The van der Waals surface area contributed by atoms with E-state index in [4.69, 9.17) is 16.3 Å². The van der Waals surface area contributed by atoms with E-state index in [0.717, 1.165) is 23.4 Å². The van der Waals surface area contributed by atoms with Gasteiger partial charge >= 0.3 is 0 Å². The minimum absolute atomic E-state index is 0.0248. The van der Waals surface area contributed by atoms with Gasteiger partial charge in [0.05, 0.1) is 16.5 Å². The smallest absolute Gasteiger partial charge is 0.243 e. The van der Waals surface area contributed by atoms with E-state index in [2.05, 4.69) is 0 Å². The molecule has 30 heavy (non-hydrogen) atoms. The second kappa shape index (κ2) is 9.76. The second-order valence-electron chi connectivity index (χ2n) is 6.90. The van der Waals surface area contributed by atoms with E-state index in [1.54, 1.807) is 4.90 Å². The van der Waals surface area contributed by atoms with Gasteiger partial charge in [0.2, 0.25) is 15.9 Å². The first-order valence-corrected chi connectivity index (χ1v) is 11.6. The van der Waals surface area contributed by atoms with Crippen molar-refractivity contribution in [2.45, 2.75) is 24.7 Å². The summed E-state index contributed by atoms with van der Waals surface area (Å²) in [4.78, 5) is 14.2. The number of piperazine rings is 1. The van der Waals surface area contributed by atoms with Gasteiger partial charge in [0.15, 0.2) is 0 Å². The average Bonchev–Trinajstić information content (AvgIpc) is 2.75. The zero-order valence-corrected chi connectivity index (χ0v) is 18.3. The van der Waals surface area contributed by atoms with Crippen molar-refractivity contribution in [3.63, 3.8) is 0 Å². The molecule has 0 aliphatic carbocycles. The Morgan fingerprint density at radius 1 is 1.13 bits per heavy atom. The molecule has 1 aliphatic heterocycles. The van der Waals surface area contributed by atoms with Gasteiger partial charge in [-0.2, -0.15) is 4.31 Å². The molecular formula is C21H24ClFN2O4S. The summed E-state index contributed by atoms with van der Waals surface area (Å²) in [5.41, 5.74) is 0.974. The summed E-state index contributed by atoms with van der Waals surface area (Å²) in [5, 5.41) is -0.239. The van der Waals surface area contributed by atoms with Crippen LogP contribution in [0.3, 0.4) is 0 Å². The van der Waals surface area contributed by atoms with Crippen LogP contribution in [0, 0.1) is 5.82 Å². The van der Waals surface area contributed by atoms with Crippen LogP contribution in [0.1, 0.15) is 18.9 Å². The molecule has 9 heteroatoms. The maximum absolute atomic E-state index is 13.3. The number of amides is 1. The Bertz CT molecular complexity index is 1010. The standard InChI is InChI=1S/C21H24ClFN2O4S/c1-2-29-20-6-4-3-5-16(20)7-10-21(26)24-11-13-25(14-12-24)30(27,28)17-8-9-19(23)18(22)15-17/h3-6,8-9,15H,2,7,10-14H2,1H3. The monoisotopic (exact) mass is 454 g/mol. The third-order valence-corrected chi connectivity index (χ3v) is 7.19. The average molecular weight is 455 g/mol. The third-order valence-electron chi connectivity index (χ3n) is 5.00. The number of para-hydroxylation sites is 1. The predicted molar refractivity (Wildman–Crippen MR) is 113 cm³/mol. The number of carbonyl (C=O) groups is 1. The van der Waals surface area contributed by atoms with Gasteiger partial charge in [-0.25, -0.2) is 12.8 Å². The topological polar surface area (TPSA) is 66.9 Å². The third kappa shape index (κ3) is 5.11. The summed E-state index contributed by atoms with van der Waals surface area (Å²) >= 11 is 5.72. The van der Waals surface area contributed by atoms with Crippen molar-refractivity contribution >= 4 is 27.5 Å². The molecule has 1 fully saturated rings. The SMILES string of the molecule is CCOc1ccccc1CCC(=O)N1CCN(S(=O)(=O)c2ccc(F)c(Cl)c2)CC1. The van der Waals surface area contributed by atoms with Crippen LogP contribution >= 0.6 is 11.6 Å². The van der Waals surface area contributed by atoms with Crippen molar-refractivity contribution in [3.05, 3.63) is 58.9 Å². The summed E-state index contributed by atoms with van der Waals surface area (Å²) in [7, 11) is -3.79. The van der Waals surface area contributed by atoms with E-state index in [-0.39, 0.29) is 28.9 Å². The molecule has 1 saturated heterocycles. The Balaban J connectivity index is 1.57. The molecule has 2 aromatic carbocycles. The molecule has 1 aliphatic rings. The van der Waals surface area contributed by atoms with E-state index >= 15 is 0 Å². The van der Waals surface area contributed by atoms with Gasteiger partial charge in [-0.05, 0) is 43.2 Å². The highest BCUT2D eigenvalue weighted by molar-refractivity contribution is 7.89. The van der Waals surface area contributed by atoms with E-state index in [1.165, 1.54) is 10.4 Å². The van der Waals surface area contributed by atoms with Gasteiger partial charge in [0.25, 0.3) is 0 Å². The number of ether oxygens (including phenoxy) is 1. The molecule has 0 unspecified atom stereocenters. The first-order valence-electron chi connectivity index (χ1n) is 9.76. The summed E-state index contributed by atoms with van der Waals surface area (Å²) < 4.78 is 45.8. The highest BCUT2D eigenvalue weighted by Crippen LogP contribution is 2.24. The largest absolute Gasteiger partial charge is 0.494 e. The fourth-order valence-electron chi connectivity index (χ4n) is 3.37. The van der Waals surface area contributed by atoms with Crippen molar-refractivity contribution in [3.8, 4) is 5.75 Å². The fourth-order valence-corrected chi connectivity index (χ4v) is 5.06. The molecule has 0 spiro atoms. The molecule has 0 radical (unpaired) electrons. The number of sulfonamides is 1. The number of hydrogen-bond acceptors (Lipinski definition) is 4. The van der Waals surface area contributed by atoms with E-state index in [0.29, 0.717) is 32.5 Å². The van der Waals surface area contributed by atoms with Gasteiger partial charge in [-0.15, -0.1) is 0 Å². The lowest BCUT2D eigenvalue weighted by molar-refractivity contribution is -0.132. The first-order chi connectivity index (χ1) is 14.3. The summed E-state index contributed by atoms with van der Waals surface area (Å²) in [6.07, 6.45) is 0.881. The Kier molecular flexibility index (Phi) is 7.33. The van der Waals surface area contributed by atoms with Crippen molar-refractivity contribution in [1.29, 1.82) is 0 Å². The highest BCUT2D eigenvalue weighted by atomic mass is 35.5. The minimum Gasteiger partial charge on any atom is -0.494 e. The molecule has 1 heterocycles. The summed E-state index contributed by atoms with van der Waals surface area (Å²) in [5.74, 6) is 0.0850. The lowest BCUT2D eigenvalue weighted by atomic mass is 10.1. The number of benzene rings is 2. The number of nitrogens with zero attached hydrogens (tertiary/aromatic N) is 2. The Labute approximate surface area is 181 Å². The summed E-state index contributed by atoms with van der Waals surface area (Å²) in [6.45, 7) is 3.44. The van der Waals surface area contributed by atoms with Gasteiger partial charge in [0.1, 0.15) is 11.6 Å². The molecule has 0 saturated carbocycles. The first kappa shape index (κ1) is 22.5. The molecule has 6 nitrogen and oxygen atoms in total. The van der Waals surface area contributed by atoms with Crippen LogP contribution in [0.25, 0.3) is 0 Å². The van der Waals surface area contributed by atoms with Crippen LogP contribution in [0.4, 0.5) is 4.39 Å². The maximum Gasteiger partial charge on any atom is 0.243 e. The van der Waals surface area contributed by atoms with Crippen molar-refractivity contribution in [2.24, 2.45) is 0 Å². The fraction of sp³-hybridized carbons (Fsp3) is 0.381. The molecule has 0 bridgehead atoms. The van der Waals surface area contributed by atoms with Crippen LogP contribution in [-0.4, -0.2) is 56.3 Å². The number of rotatable bonds is 7. The van der Waals surface area contributed by atoms with Crippen molar-refractivity contribution < 1.29 is 22.3 Å². The molecular weight excluding hydrogens is 431 g/mol. The molecule has 0 atom stereocenters. The van der Waals surface area contributed by atoms with Crippen LogP contribution in [-0.2, 0) is 21.2 Å². The number of carbonyl (C=O) groups excluding carboxylic acids is 1. The van der Waals surface area contributed by atoms with Crippen molar-refractivity contribution in [1.82, 2.24) is 9.21 Å². The Hall–Kier alpha value is -2.16. The predicted octanol–water partition coefficient (Wildman–Crippen LogP) is 3.34. The lowest BCUT2D eigenvalue weighted by Gasteiger charge is -2.34. The maximum atomic E-state index is 13.3. The highest BCUT2D eigenvalue weighted by Gasteiger charge is 2.30. The van der Waals surface area contributed by atoms with Gasteiger partial charge in [-0.3, -0.25) is 4.79 Å². The molecule has 0 aromatic heterocycles. The minimum atomic E-state index is -3.79. The van der Waals surface area contributed by atoms with E-state index < -0.39 is 15.8 Å². The van der Waals surface area contributed by atoms with Gasteiger partial charge in [-0.1, -0.05) is 29.8 Å². The van der Waals surface area contributed by atoms with Gasteiger partial charge in [0, 0.05) is 32.6 Å². The number of aryl methyl sites for hydroxylation is 1. The zero-order chi connectivity index (χ0) is 21.7. The van der Waals surface area contributed by atoms with E-state index in [1.807, 2.05) is 31.2 Å². The quantitative estimate of drug-likeness (QED) is 0.643. The lowest BCUT2D eigenvalue weighted by Crippen LogP contribution is -2.50. The number of halogens is 2. The van der Waals surface area contributed by atoms with Crippen LogP contribution < -0.4 is 4.74 Å². The normalized spacial score (nSPS) is 15.2. The zero-order valence-electron chi connectivity index (χ0n) is 16.7. The second-order valence-corrected chi connectivity index (χ2v) is 9.25. The van der Waals surface area contributed by atoms with E-state index in [9.17, 15) is 17.6 Å². The Morgan fingerprint density at radius 3 is 2.50 bits per heavy atom. The molecule has 3 rings (SSSR count). The Morgan fingerprint density at radius 2 is 1.83 bits per heavy atom. The number of hydrogen-bond donors (Lipinski definition) is 0. The van der Waals surface area contributed by atoms with Gasteiger partial charge < -0.3 is 9.64 Å². The van der Waals surface area contributed by atoms with Crippen LogP contribution in [0.2, 0.25) is 5.02 Å². The summed E-state index contributed by atoms with van der Waals surface area (Å²) in [6, 6.07) is 11.0. The molecule has 1 amide bonds. The van der Waals surface area contributed by atoms with Crippen LogP contribution in [0.5, 0.6) is 5.75 Å². The van der Waals surface area contributed by atoms with Crippen LogP contribution in [0.15, 0.2) is 47.4 Å². The van der Waals surface area contributed by atoms with Crippen molar-refractivity contribution in [2.75, 3.05) is 32.8 Å². The molecule has 0 N–H and O–H groups in total. The molecule has 162 valence electrons.